The molecule has 1 aromatic rings. The highest BCUT2D eigenvalue weighted by molar-refractivity contribution is 5.80. The van der Waals surface area contributed by atoms with Crippen LogP contribution in [0.25, 0.3) is 0 Å². The van der Waals surface area contributed by atoms with Crippen LogP contribution >= 0.6 is 0 Å². The zero-order chi connectivity index (χ0) is 19.1. The van der Waals surface area contributed by atoms with Gasteiger partial charge in [-0.1, -0.05) is 12.5 Å². The zero-order valence-electron chi connectivity index (χ0n) is 15.5. The molecule has 0 heterocycles. The number of hydrogen-bond acceptors (Lipinski definition) is 5. The lowest BCUT2D eigenvalue weighted by Crippen LogP contribution is -2.36. The molecule has 1 amide bonds. The lowest BCUT2D eigenvalue weighted by Gasteiger charge is -2.25. The van der Waals surface area contributed by atoms with Gasteiger partial charge >= 0.3 is 5.97 Å². The summed E-state index contributed by atoms with van der Waals surface area (Å²) in [6.45, 7) is 0.443. The average molecular weight is 365 g/mol. The normalized spacial score (nSPS) is 19.5. The van der Waals surface area contributed by atoms with E-state index in [1.165, 1.54) is 0 Å². The van der Waals surface area contributed by atoms with E-state index in [-0.39, 0.29) is 11.8 Å². The number of methoxy groups -OCH3 is 3. The fraction of sp³-hybridized carbons (Fsp3) is 0.579. The summed E-state index contributed by atoms with van der Waals surface area (Å²) in [4.78, 5) is 23.5. The first kappa shape index (κ1) is 19.9. The Bertz CT molecular complexity index is 645. The molecule has 1 fully saturated rings. The molecule has 1 saturated carbocycles. The number of amides is 1. The summed E-state index contributed by atoms with van der Waals surface area (Å²) < 4.78 is 16.1. The highest BCUT2D eigenvalue weighted by atomic mass is 16.5. The van der Waals surface area contributed by atoms with Crippen LogP contribution in [-0.2, 0) is 16.0 Å². The van der Waals surface area contributed by atoms with Crippen LogP contribution in [0.1, 0.15) is 31.2 Å². The van der Waals surface area contributed by atoms with Gasteiger partial charge < -0.3 is 24.6 Å². The Morgan fingerprint density at radius 3 is 2.38 bits per heavy atom. The summed E-state index contributed by atoms with van der Waals surface area (Å²) in [7, 11) is 4.67. The molecule has 1 aromatic carbocycles. The maximum Gasteiger partial charge on any atom is 0.306 e. The number of carboxylic acid groups (broad SMARTS) is 1. The number of rotatable bonds is 8. The van der Waals surface area contributed by atoms with Crippen LogP contribution in [0.3, 0.4) is 0 Å². The van der Waals surface area contributed by atoms with E-state index in [1.807, 2.05) is 6.07 Å². The van der Waals surface area contributed by atoms with Crippen LogP contribution in [0.15, 0.2) is 12.1 Å². The van der Waals surface area contributed by atoms with Crippen molar-refractivity contribution >= 4 is 11.9 Å². The molecule has 2 rings (SSSR count). The van der Waals surface area contributed by atoms with Crippen molar-refractivity contribution in [3.05, 3.63) is 17.7 Å². The fourth-order valence-electron chi connectivity index (χ4n) is 3.48. The third-order valence-electron chi connectivity index (χ3n) is 4.87. The lowest BCUT2D eigenvalue weighted by molar-refractivity contribution is -0.144. The predicted molar refractivity (Wildman–Crippen MR) is 95.9 cm³/mol. The molecule has 2 unspecified atom stereocenters. The Morgan fingerprint density at radius 2 is 1.77 bits per heavy atom. The molecule has 0 aromatic heterocycles. The molecule has 144 valence electrons. The minimum absolute atomic E-state index is 0.0737. The molecule has 7 heteroatoms. The first-order valence-corrected chi connectivity index (χ1v) is 8.80. The molecule has 0 aliphatic heterocycles. The smallest absolute Gasteiger partial charge is 0.306 e. The number of carbonyl (C=O) groups is 2. The summed E-state index contributed by atoms with van der Waals surface area (Å²) in [6.07, 6.45) is 3.17. The molecule has 0 radical (unpaired) electrons. The third-order valence-corrected chi connectivity index (χ3v) is 4.87. The summed E-state index contributed by atoms with van der Waals surface area (Å²) in [5, 5.41) is 12.1. The summed E-state index contributed by atoms with van der Waals surface area (Å²) in [5.74, 6) is 0.176. The van der Waals surface area contributed by atoms with Gasteiger partial charge in [-0.2, -0.15) is 0 Å². The van der Waals surface area contributed by atoms with E-state index in [1.54, 1.807) is 27.4 Å². The molecule has 26 heavy (non-hydrogen) atoms. The van der Waals surface area contributed by atoms with E-state index in [0.717, 1.165) is 18.4 Å². The van der Waals surface area contributed by atoms with Crippen LogP contribution in [0.2, 0.25) is 0 Å². The van der Waals surface area contributed by atoms with Gasteiger partial charge in [0.2, 0.25) is 11.7 Å². The molecule has 0 bridgehead atoms. The van der Waals surface area contributed by atoms with Gasteiger partial charge in [-0.15, -0.1) is 0 Å². The largest absolute Gasteiger partial charge is 0.493 e. The monoisotopic (exact) mass is 365 g/mol. The van der Waals surface area contributed by atoms with Crippen molar-refractivity contribution in [2.24, 2.45) is 11.8 Å². The molecular formula is C19H27NO6. The minimum Gasteiger partial charge on any atom is -0.493 e. The first-order valence-electron chi connectivity index (χ1n) is 8.80. The Kier molecular flexibility index (Phi) is 7.12. The van der Waals surface area contributed by atoms with E-state index in [4.69, 9.17) is 19.3 Å². The van der Waals surface area contributed by atoms with Crippen molar-refractivity contribution in [1.29, 1.82) is 0 Å². The van der Waals surface area contributed by atoms with Crippen molar-refractivity contribution in [1.82, 2.24) is 5.32 Å². The number of nitrogens with one attached hydrogen (secondary N) is 1. The SMILES string of the molecule is COc1ccc(CCNC(=O)C2CCCC(C(=O)O)C2)c(OC)c1OC. The highest BCUT2D eigenvalue weighted by Gasteiger charge is 2.30. The maximum absolute atomic E-state index is 12.4. The second-order valence-corrected chi connectivity index (χ2v) is 6.43. The average Bonchev–Trinajstić information content (AvgIpc) is 2.67. The van der Waals surface area contributed by atoms with Crippen molar-refractivity contribution in [2.75, 3.05) is 27.9 Å². The van der Waals surface area contributed by atoms with E-state index in [2.05, 4.69) is 5.32 Å². The van der Waals surface area contributed by atoms with Gasteiger partial charge in [-0.3, -0.25) is 9.59 Å². The van der Waals surface area contributed by atoms with E-state index < -0.39 is 11.9 Å². The quantitative estimate of drug-likeness (QED) is 0.734. The molecule has 1 aliphatic rings. The number of carbonyl (C=O) groups excluding carboxylic acids is 1. The molecule has 7 nitrogen and oxygen atoms in total. The third kappa shape index (κ3) is 4.59. The highest BCUT2D eigenvalue weighted by Crippen LogP contribution is 2.39. The first-order chi connectivity index (χ1) is 12.5. The summed E-state index contributed by atoms with van der Waals surface area (Å²) in [5.41, 5.74) is 0.900. The van der Waals surface area contributed by atoms with Crippen LogP contribution in [0.4, 0.5) is 0 Å². The summed E-state index contributed by atoms with van der Waals surface area (Å²) >= 11 is 0. The standard InChI is InChI=1S/C19H27NO6/c1-24-15-8-7-12(16(25-2)17(15)26-3)9-10-20-18(21)13-5-4-6-14(11-13)19(22)23/h7-8,13-14H,4-6,9-11H2,1-3H3,(H,20,21)(H,22,23). The van der Waals surface area contributed by atoms with Gasteiger partial charge in [0.1, 0.15) is 0 Å². The van der Waals surface area contributed by atoms with Gasteiger partial charge in [-0.25, -0.2) is 0 Å². The van der Waals surface area contributed by atoms with E-state index in [9.17, 15) is 9.59 Å². The van der Waals surface area contributed by atoms with Crippen molar-refractivity contribution in [2.45, 2.75) is 32.1 Å². The fourth-order valence-corrected chi connectivity index (χ4v) is 3.48. The number of hydrogen-bond donors (Lipinski definition) is 2. The van der Waals surface area contributed by atoms with Gasteiger partial charge in [0.25, 0.3) is 0 Å². The van der Waals surface area contributed by atoms with Crippen LogP contribution < -0.4 is 19.5 Å². The number of benzene rings is 1. The Labute approximate surface area is 153 Å². The maximum atomic E-state index is 12.4. The van der Waals surface area contributed by atoms with Gasteiger partial charge in [-0.05, 0) is 31.7 Å². The molecule has 1 aliphatic carbocycles. The zero-order valence-corrected chi connectivity index (χ0v) is 15.5. The number of ether oxygens (including phenoxy) is 3. The molecule has 0 spiro atoms. The molecule has 2 N–H and O–H groups in total. The van der Waals surface area contributed by atoms with Crippen molar-refractivity contribution in [3.8, 4) is 17.2 Å². The van der Waals surface area contributed by atoms with Crippen molar-refractivity contribution < 1.29 is 28.9 Å². The van der Waals surface area contributed by atoms with E-state index >= 15 is 0 Å². The van der Waals surface area contributed by atoms with Gasteiger partial charge in [0, 0.05) is 18.0 Å². The van der Waals surface area contributed by atoms with Crippen LogP contribution in [0.5, 0.6) is 17.2 Å². The number of carboxylic acids is 1. The summed E-state index contributed by atoms with van der Waals surface area (Å²) in [6, 6.07) is 3.69. The second-order valence-electron chi connectivity index (χ2n) is 6.43. The van der Waals surface area contributed by atoms with Crippen molar-refractivity contribution in [3.63, 3.8) is 0 Å². The predicted octanol–water partition coefficient (Wildman–Crippen LogP) is 2.26. The van der Waals surface area contributed by atoms with Crippen LogP contribution in [-0.4, -0.2) is 44.9 Å². The topological polar surface area (TPSA) is 94.1 Å². The van der Waals surface area contributed by atoms with Gasteiger partial charge in [0.15, 0.2) is 11.5 Å². The molecular weight excluding hydrogens is 338 g/mol. The van der Waals surface area contributed by atoms with E-state index in [0.29, 0.717) is 43.1 Å². The lowest BCUT2D eigenvalue weighted by atomic mass is 9.81. The Hall–Kier alpha value is -2.44. The Balaban J connectivity index is 1.95. The minimum atomic E-state index is -0.808. The Morgan fingerprint density at radius 1 is 1.08 bits per heavy atom. The number of aliphatic carboxylic acids is 1. The van der Waals surface area contributed by atoms with Gasteiger partial charge in [0.05, 0.1) is 27.2 Å². The van der Waals surface area contributed by atoms with Crippen LogP contribution in [0, 0.1) is 11.8 Å². The molecule has 2 atom stereocenters. The molecule has 0 saturated heterocycles. The second kappa shape index (κ2) is 9.31.